The van der Waals surface area contributed by atoms with Gasteiger partial charge in [-0.05, 0) is 25.7 Å². The van der Waals surface area contributed by atoms with Crippen LogP contribution >= 0.6 is 0 Å². The molecule has 5 heteroatoms. The first-order chi connectivity index (χ1) is 16.5. The van der Waals surface area contributed by atoms with Crippen molar-refractivity contribution < 1.29 is 19.8 Å². The van der Waals surface area contributed by atoms with E-state index in [1.54, 1.807) is 0 Å². The molecule has 204 valence electrons. The van der Waals surface area contributed by atoms with Gasteiger partial charge < -0.3 is 10.2 Å². The quantitative estimate of drug-likeness (QED) is 0.0860. The van der Waals surface area contributed by atoms with Crippen molar-refractivity contribution in [1.82, 2.24) is 0 Å². The summed E-state index contributed by atoms with van der Waals surface area (Å²) in [6, 6.07) is 0. The standard InChI is InChI=1S/C30H58O4.Na.H/c1-3-5-7-9-11-13-15-19-23-27(29(31)32)25-21-17-18-22-26-28(30(33)34)24-20-16-14-12-10-8-6-4-2;;/h27-28H,3-26H2,1-2H3,(H,31,32)(H,33,34);;. The van der Waals surface area contributed by atoms with Gasteiger partial charge in [0.15, 0.2) is 0 Å². The van der Waals surface area contributed by atoms with Gasteiger partial charge in [-0.25, -0.2) is 0 Å². The van der Waals surface area contributed by atoms with Gasteiger partial charge in [0, 0.05) is 0 Å². The molecule has 0 bridgehead atoms. The van der Waals surface area contributed by atoms with Crippen LogP contribution in [0.15, 0.2) is 0 Å². The van der Waals surface area contributed by atoms with E-state index in [0.29, 0.717) is 0 Å². The van der Waals surface area contributed by atoms with Crippen molar-refractivity contribution in [2.45, 2.75) is 168 Å². The molecule has 2 unspecified atom stereocenters. The van der Waals surface area contributed by atoms with Gasteiger partial charge in [0.2, 0.25) is 0 Å². The monoisotopic (exact) mass is 506 g/mol. The van der Waals surface area contributed by atoms with E-state index in [1.807, 2.05) is 0 Å². The fourth-order valence-electron chi connectivity index (χ4n) is 4.97. The van der Waals surface area contributed by atoms with Gasteiger partial charge in [-0.2, -0.15) is 0 Å². The maximum atomic E-state index is 11.6. The summed E-state index contributed by atoms with van der Waals surface area (Å²) in [6.07, 6.45) is 27.0. The van der Waals surface area contributed by atoms with Crippen molar-refractivity contribution in [2.24, 2.45) is 11.8 Å². The van der Waals surface area contributed by atoms with E-state index in [1.165, 1.54) is 77.0 Å². The third kappa shape index (κ3) is 25.4. The van der Waals surface area contributed by atoms with E-state index in [-0.39, 0.29) is 41.4 Å². The van der Waals surface area contributed by atoms with Crippen molar-refractivity contribution in [3.8, 4) is 0 Å². The fourth-order valence-corrected chi connectivity index (χ4v) is 4.97. The Labute approximate surface area is 240 Å². The number of carboxylic acid groups (broad SMARTS) is 2. The molecule has 0 heterocycles. The van der Waals surface area contributed by atoms with Crippen molar-refractivity contribution >= 4 is 41.5 Å². The van der Waals surface area contributed by atoms with Crippen LogP contribution in [0.25, 0.3) is 0 Å². The van der Waals surface area contributed by atoms with E-state index in [9.17, 15) is 19.8 Å². The van der Waals surface area contributed by atoms with E-state index < -0.39 is 11.9 Å². The second-order valence-corrected chi connectivity index (χ2v) is 10.6. The van der Waals surface area contributed by atoms with Crippen LogP contribution in [0.2, 0.25) is 0 Å². The molecule has 35 heavy (non-hydrogen) atoms. The molecule has 4 nitrogen and oxygen atoms in total. The Morgan fingerprint density at radius 3 is 0.829 bits per heavy atom. The van der Waals surface area contributed by atoms with Crippen LogP contribution in [0, 0.1) is 11.8 Å². The maximum absolute atomic E-state index is 11.6. The zero-order valence-electron chi connectivity index (χ0n) is 22.8. The van der Waals surface area contributed by atoms with E-state index in [2.05, 4.69) is 13.8 Å². The van der Waals surface area contributed by atoms with Crippen LogP contribution in [0.4, 0.5) is 0 Å². The third-order valence-corrected chi connectivity index (χ3v) is 7.37. The Kier molecular flexibility index (Phi) is 30.2. The summed E-state index contributed by atoms with van der Waals surface area (Å²) in [7, 11) is 0. The second kappa shape index (κ2) is 28.5. The number of aliphatic carboxylic acids is 2. The first-order valence-corrected chi connectivity index (χ1v) is 15.0. The van der Waals surface area contributed by atoms with Crippen LogP contribution in [-0.2, 0) is 9.59 Å². The van der Waals surface area contributed by atoms with Crippen molar-refractivity contribution in [3.63, 3.8) is 0 Å². The Bertz CT molecular complexity index is 427. The second-order valence-electron chi connectivity index (χ2n) is 10.6. The molecule has 0 aliphatic heterocycles. The predicted octanol–water partition coefficient (Wildman–Crippen LogP) is 9.14. The summed E-state index contributed by atoms with van der Waals surface area (Å²) < 4.78 is 0. The van der Waals surface area contributed by atoms with Crippen LogP contribution in [0.3, 0.4) is 0 Å². The van der Waals surface area contributed by atoms with Gasteiger partial charge in [-0.15, -0.1) is 0 Å². The third-order valence-electron chi connectivity index (χ3n) is 7.37. The number of hydrogen-bond acceptors (Lipinski definition) is 2. The molecule has 0 radical (unpaired) electrons. The van der Waals surface area contributed by atoms with Gasteiger partial charge in [-0.3, -0.25) is 9.59 Å². The minimum atomic E-state index is -0.640. The SMILES string of the molecule is CCCCCCCCCCC(CCCCCCC(CCCCCCCCCC)C(=O)O)C(=O)O.[NaH]. The van der Waals surface area contributed by atoms with Gasteiger partial charge >= 0.3 is 41.5 Å². The average Bonchev–Trinajstić information content (AvgIpc) is 2.81. The first-order valence-electron chi connectivity index (χ1n) is 15.0. The molecule has 2 N–H and O–H groups in total. The number of carbonyl (C=O) groups is 2. The first kappa shape index (κ1) is 37.1. The molecule has 0 aliphatic carbocycles. The van der Waals surface area contributed by atoms with Crippen LogP contribution in [-0.4, -0.2) is 51.7 Å². The summed E-state index contributed by atoms with van der Waals surface area (Å²) >= 11 is 0. The van der Waals surface area contributed by atoms with E-state index in [4.69, 9.17) is 0 Å². The van der Waals surface area contributed by atoms with Crippen molar-refractivity contribution in [1.29, 1.82) is 0 Å². The van der Waals surface area contributed by atoms with Crippen LogP contribution < -0.4 is 0 Å². The summed E-state index contributed by atoms with van der Waals surface area (Å²) in [6.45, 7) is 4.47. The minimum absolute atomic E-state index is 0. The molecule has 0 aromatic rings. The molecular formula is C30H59NaO4. The molecule has 0 fully saturated rings. The van der Waals surface area contributed by atoms with Gasteiger partial charge in [0.25, 0.3) is 0 Å². The number of hydrogen-bond donors (Lipinski definition) is 2. The molecule has 0 amide bonds. The molecule has 0 aromatic carbocycles. The zero-order valence-corrected chi connectivity index (χ0v) is 22.8. The van der Waals surface area contributed by atoms with Crippen molar-refractivity contribution in [3.05, 3.63) is 0 Å². The molecule has 2 atom stereocenters. The summed E-state index contributed by atoms with van der Waals surface area (Å²) in [4.78, 5) is 23.1. The Morgan fingerprint density at radius 2 is 0.629 bits per heavy atom. The van der Waals surface area contributed by atoms with Gasteiger partial charge in [-0.1, -0.05) is 142 Å². The molecule has 0 aliphatic rings. The number of unbranched alkanes of at least 4 members (excludes halogenated alkanes) is 17. The number of rotatable bonds is 27. The van der Waals surface area contributed by atoms with Gasteiger partial charge in [0.1, 0.15) is 0 Å². The molecule has 0 rings (SSSR count). The number of carboxylic acids is 2. The van der Waals surface area contributed by atoms with Crippen molar-refractivity contribution in [2.75, 3.05) is 0 Å². The summed E-state index contributed by atoms with van der Waals surface area (Å²) in [5.74, 6) is -1.68. The Balaban J connectivity index is 0. The molecule has 0 saturated heterocycles. The van der Waals surface area contributed by atoms with Crippen LogP contribution in [0.1, 0.15) is 168 Å². The van der Waals surface area contributed by atoms with E-state index >= 15 is 0 Å². The molecule has 0 saturated carbocycles. The normalized spacial score (nSPS) is 12.7. The fraction of sp³-hybridized carbons (Fsp3) is 0.933. The topological polar surface area (TPSA) is 74.6 Å². The summed E-state index contributed by atoms with van der Waals surface area (Å²) in [5, 5.41) is 19.0. The molecule has 0 spiro atoms. The Morgan fingerprint density at radius 1 is 0.429 bits per heavy atom. The molecule has 0 aromatic heterocycles. The van der Waals surface area contributed by atoms with E-state index in [0.717, 1.165) is 77.0 Å². The Hall–Kier alpha value is -0.0600. The zero-order chi connectivity index (χ0) is 25.3. The van der Waals surface area contributed by atoms with Gasteiger partial charge in [0.05, 0.1) is 11.8 Å². The molecular weight excluding hydrogens is 447 g/mol. The average molecular weight is 507 g/mol. The predicted molar refractivity (Wildman–Crippen MR) is 152 cm³/mol. The van der Waals surface area contributed by atoms with Crippen LogP contribution in [0.5, 0.6) is 0 Å². The summed E-state index contributed by atoms with van der Waals surface area (Å²) in [5.41, 5.74) is 0.